The zero-order valence-electron chi connectivity index (χ0n) is 11.5. The molecule has 0 fully saturated rings. The van der Waals surface area contributed by atoms with E-state index in [0.29, 0.717) is 11.5 Å². The topological polar surface area (TPSA) is 110 Å². The first-order valence-corrected chi connectivity index (χ1v) is 6.38. The second-order valence-corrected chi connectivity index (χ2v) is 4.30. The molecule has 0 saturated carbocycles. The van der Waals surface area contributed by atoms with E-state index in [4.69, 9.17) is 9.94 Å². The Morgan fingerprint density at radius 2 is 2.10 bits per heavy atom. The molecule has 21 heavy (non-hydrogen) atoms. The van der Waals surface area contributed by atoms with Crippen molar-refractivity contribution in [1.82, 2.24) is 5.06 Å². The predicted octanol–water partition coefficient (Wildman–Crippen LogP) is 1.99. The molecule has 1 atom stereocenters. The quantitative estimate of drug-likeness (QED) is 0.424. The number of carboxylic acids is 1. The summed E-state index contributed by atoms with van der Waals surface area (Å²) in [7, 11) is 0. The van der Waals surface area contributed by atoms with Crippen LogP contribution in [0.15, 0.2) is 24.3 Å². The van der Waals surface area contributed by atoms with Gasteiger partial charge in [-0.25, -0.2) is 4.79 Å². The minimum absolute atomic E-state index is 0.124. The molecule has 1 aromatic rings. The summed E-state index contributed by atoms with van der Waals surface area (Å²) in [5.74, 6) is -1.02. The van der Waals surface area contributed by atoms with Gasteiger partial charge in [0, 0.05) is 12.1 Å². The van der Waals surface area contributed by atoms with Crippen molar-refractivity contribution in [1.29, 1.82) is 0 Å². The second-order valence-electron chi connectivity index (χ2n) is 4.30. The molecular formula is C13H16N2O6. The summed E-state index contributed by atoms with van der Waals surface area (Å²) in [6.45, 7) is 1.90. The van der Waals surface area contributed by atoms with Gasteiger partial charge in [0.15, 0.2) is 11.8 Å². The summed E-state index contributed by atoms with van der Waals surface area (Å²) >= 11 is 0. The molecule has 0 aliphatic rings. The SMILES string of the molecule is CCCCC(C(=O)O)N(C=O)Oc1ccc([N+](=O)[O-])cc1. The highest BCUT2D eigenvalue weighted by Crippen LogP contribution is 2.19. The van der Waals surface area contributed by atoms with Crippen LogP contribution in [0, 0.1) is 10.1 Å². The molecule has 0 bridgehead atoms. The zero-order chi connectivity index (χ0) is 15.8. The van der Waals surface area contributed by atoms with Crippen molar-refractivity contribution in [2.45, 2.75) is 32.2 Å². The maximum absolute atomic E-state index is 11.2. The molecule has 0 aliphatic heterocycles. The van der Waals surface area contributed by atoms with Crippen molar-refractivity contribution in [3.05, 3.63) is 34.4 Å². The van der Waals surface area contributed by atoms with Gasteiger partial charge in [-0.2, -0.15) is 5.06 Å². The van der Waals surface area contributed by atoms with E-state index in [-0.39, 0.29) is 24.3 Å². The van der Waals surface area contributed by atoms with E-state index >= 15 is 0 Å². The Hall–Kier alpha value is -2.64. The van der Waals surface area contributed by atoms with Crippen molar-refractivity contribution in [2.75, 3.05) is 0 Å². The molecule has 8 nitrogen and oxygen atoms in total. The lowest BCUT2D eigenvalue weighted by atomic mass is 10.1. The normalized spacial score (nSPS) is 11.5. The number of non-ortho nitro benzene ring substituents is 1. The first-order chi connectivity index (χ1) is 9.99. The number of rotatable bonds is 9. The highest BCUT2D eigenvalue weighted by atomic mass is 16.7. The lowest BCUT2D eigenvalue weighted by molar-refractivity contribution is -0.384. The summed E-state index contributed by atoms with van der Waals surface area (Å²) in [5.41, 5.74) is -0.124. The van der Waals surface area contributed by atoms with Gasteiger partial charge in [-0.1, -0.05) is 19.8 Å². The minimum Gasteiger partial charge on any atom is -0.480 e. The number of carbonyl (C=O) groups is 2. The number of unbranched alkanes of at least 4 members (excludes halogenated alkanes) is 1. The fourth-order valence-electron chi connectivity index (χ4n) is 1.67. The monoisotopic (exact) mass is 296 g/mol. The predicted molar refractivity (Wildman–Crippen MR) is 72.6 cm³/mol. The molecule has 1 rings (SSSR count). The molecule has 1 unspecified atom stereocenters. The van der Waals surface area contributed by atoms with E-state index in [1.54, 1.807) is 0 Å². The molecule has 8 heteroatoms. The maximum Gasteiger partial charge on any atom is 0.330 e. The van der Waals surface area contributed by atoms with E-state index < -0.39 is 16.9 Å². The summed E-state index contributed by atoms with van der Waals surface area (Å²) in [5, 5.41) is 20.4. The van der Waals surface area contributed by atoms with E-state index in [0.717, 1.165) is 6.42 Å². The van der Waals surface area contributed by atoms with E-state index in [9.17, 15) is 19.7 Å². The van der Waals surface area contributed by atoms with Gasteiger partial charge in [-0.15, -0.1) is 0 Å². The minimum atomic E-state index is -1.17. The first kappa shape index (κ1) is 16.4. The summed E-state index contributed by atoms with van der Waals surface area (Å²) in [6.07, 6.45) is 1.96. The van der Waals surface area contributed by atoms with Crippen molar-refractivity contribution >= 4 is 18.1 Å². The van der Waals surface area contributed by atoms with Gasteiger partial charge < -0.3 is 9.94 Å². The van der Waals surface area contributed by atoms with E-state index in [1.807, 2.05) is 6.92 Å². The molecule has 114 valence electrons. The Balaban J connectivity index is 2.81. The maximum atomic E-state index is 11.2. The van der Waals surface area contributed by atoms with E-state index in [1.165, 1.54) is 24.3 Å². The van der Waals surface area contributed by atoms with Gasteiger partial charge in [-0.05, 0) is 18.6 Å². The van der Waals surface area contributed by atoms with Gasteiger partial charge in [0.25, 0.3) is 5.69 Å². The Kier molecular flexibility index (Phi) is 6.12. The number of hydroxylamine groups is 2. The van der Waals surface area contributed by atoms with Crippen LogP contribution in [0.3, 0.4) is 0 Å². The molecule has 0 spiro atoms. The Bertz CT molecular complexity index is 502. The number of carboxylic acid groups (broad SMARTS) is 1. The number of benzene rings is 1. The number of aliphatic carboxylic acids is 1. The highest BCUT2D eigenvalue weighted by Gasteiger charge is 2.26. The number of amides is 1. The molecule has 1 N–H and O–H groups in total. The number of hydrogen-bond acceptors (Lipinski definition) is 5. The first-order valence-electron chi connectivity index (χ1n) is 6.38. The average molecular weight is 296 g/mol. The van der Waals surface area contributed by atoms with Crippen LogP contribution in [0.1, 0.15) is 26.2 Å². The van der Waals surface area contributed by atoms with Crippen LogP contribution < -0.4 is 4.84 Å². The van der Waals surface area contributed by atoms with Crippen LogP contribution in [-0.2, 0) is 9.59 Å². The van der Waals surface area contributed by atoms with E-state index in [2.05, 4.69) is 0 Å². The molecule has 0 aliphatic carbocycles. The third kappa shape index (κ3) is 4.75. The number of carbonyl (C=O) groups excluding carboxylic acids is 1. The summed E-state index contributed by atoms with van der Waals surface area (Å²) in [4.78, 5) is 37.3. The van der Waals surface area contributed by atoms with Crippen molar-refractivity contribution in [3.8, 4) is 5.75 Å². The number of nitro benzene ring substituents is 1. The molecule has 0 aromatic heterocycles. The van der Waals surface area contributed by atoms with Crippen LogP contribution in [-0.4, -0.2) is 33.5 Å². The van der Waals surface area contributed by atoms with Crippen LogP contribution in [0.2, 0.25) is 0 Å². The second kappa shape index (κ2) is 7.83. The lowest BCUT2D eigenvalue weighted by Gasteiger charge is -2.24. The molecular weight excluding hydrogens is 280 g/mol. The fraction of sp³-hybridized carbons (Fsp3) is 0.385. The Morgan fingerprint density at radius 1 is 1.48 bits per heavy atom. The number of hydrogen-bond donors (Lipinski definition) is 1. The molecule has 0 heterocycles. The third-order valence-corrected chi connectivity index (χ3v) is 2.79. The van der Waals surface area contributed by atoms with Crippen molar-refractivity contribution < 1.29 is 24.5 Å². The van der Waals surface area contributed by atoms with Gasteiger partial charge in [0.2, 0.25) is 6.41 Å². The molecule has 0 saturated heterocycles. The molecule has 1 amide bonds. The highest BCUT2D eigenvalue weighted by molar-refractivity contribution is 5.75. The standard InChI is InChI=1S/C13H16N2O6/c1-2-3-4-12(13(17)18)14(9-16)21-11-7-5-10(6-8-11)15(19)20/h5-9,12H,2-4H2,1H3,(H,17,18). The third-order valence-electron chi connectivity index (χ3n) is 2.79. The lowest BCUT2D eigenvalue weighted by Crippen LogP contribution is -2.42. The van der Waals surface area contributed by atoms with Crippen molar-refractivity contribution in [3.63, 3.8) is 0 Å². The fourth-order valence-corrected chi connectivity index (χ4v) is 1.67. The Labute approximate surface area is 121 Å². The summed E-state index contributed by atoms with van der Waals surface area (Å²) in [6, 6.07) is 3.92. The van der Waals surface area contributed by atoms with Gasteiger partial charge >= 0.3 is 5.97 Å². The van der Waals surface area contributed by atoms with Crippen LogP contribution in [0.25, 0.3) is 0 Å². The number of nitrogens with zero attached hydrogens (tertiary/aromatic N) is 2. The van der Waals surface area contributed by atoms with Crippen molar-refractivity contribution in [2.24, 2.45) is 0 Å². The zero-order valence-corrected chi connectivity index (χ0v) is 11.5. The van der Waals surface area contributed by atoms with Gasteiger partial charge in [0.1, 0.15) is 0 Å². The average Bonchev–Trinajstić information content (AvgIpc) is 2.46. The molecule has 0 radical (unpaired) electrons. The van der Waals surface area contributed by atoms with Crippen LogP contribution in [0.4, 0.5) is 5.69 Å². The smallest absolute Gasteiger partial charge is 0.330 e. The summed E-state index contributed by atoms with van der Waals surface area (Å²) < 4.78 is 0. The van der Waals surface area contributed by atoms with Crippen LogP contribution >= 0.6 is 0 Å². The number of nitro groups is 1. The molecule has 1 aromatic carbocycles. The Morgan fingerprint density at radius 3 is 2.52 bits per heavy atom. The van der Waals surface area contributed by atoms with Gasteiger partial charge in [-0.3, -0.25) is 14.9 Å². The largest absolute Gasteiger partial charge is 0.480 e. The van der Waals surface area contributed by atoms with Crippen LogP contribution in [0.5, 0.6) is 5.75 Å². The van der Waals surface area contributed by atoms with Gasteiger partial charge in [0.05, 0.1) is 4.92 Å².